The van der Waals surface area contributed by atoms with Crippen LogP contribution in [0.15, 0.2) is 22.7 Å². The van der Waals surface area contributed by atoms with Crippen LogP contribution in [-0.2, 0) is 11.3 Å². The SMILES string of the molecule is COCC(C)(CCO)NCc1cccc(Br)c1O. The lowest BCUT2D eigenvalue weighted by Crippen LogP contribution is -2.46. The molecule has 0 fully saturated rings. The van der Waals surface area contributed by atoms with Crippen molar-refractivity contribution in [1.29, 1.82) is 0 Å². The second kappa shape index (κ2) is 7.09. The van der Waals surface area contributed by atoms with Crippen molar-refractivity contribution in [3.05, 3.63) is 28.2 Å². The zero-order valence-corrected chi connectivity index (χ0v) is 12.3. The first-order valence-electron chi connectivity index (χ1n) is 5.83. The highest BCUT2D eigenvalue weighted by molar-refractivity contribution is 9.10. The molecular weight excluding hydrogens is 298 g/mol. The summed E-state index contributed by atoms with van der Waals surface area (Å²) in [5, 5.41) is 22.3. The molecule has 102 valence electrons. The van der Waals surface area contributed by atoms with E-state index in [1.807, 2.05) is 19.1 Å². The Balaban J connectivity index is 2.69. The third-order valence-corrected chi connectivity index (χ3v) is 3.54. The van der Waals surface area contributed by atoms with Crippen LogP contribution in [0.2, 0.25) is 0 Å². The maximum atomic E-state index is 9.89. The van der Waals surface area contributed by atoms with Crippen molar-refractivity contribution in [2.75, 3.05) is 20.3 Å². The number of hydrogen-bond acceptors (Lipinski definition) is 4. The molecule has 3 N–H and O–H groups in total. The first kappa shape index (κ1) is 15.4. The molecule has 0 heterocycles. The van der Waals surface area contributed by atoms with Crippen molar-refractivity contribution < 1.29 is 14.9 Å². The van der Waals surface area contributed by atoms with Crippen molar-refractivity contribution in [1.82, 2.24) is 5.32 Å². The minimum Gasteiger partial charge on any atom is -0.506 e. The maximum absolute atomic E-state index is 9.89. The zero-order chi connectivity index (χ0) is 13.6. The molecule has 1 aromatic rings. The fraction of sp³-hybridized carbons (Fsp3) is 0.538. The number of rotatable bonds is 7. The predicted octanol–water partition coefficient (Wildman–Crippen LogP) is 2.03. The Morgan fingerprint density at radius 3 is 2.78 bits per heavy atom. The van der Waals surface area contributed by atoms with E-state index in [9.17, 15) is 5.11 Å². The van der Waals surface area contributed by atoms with E-state index in [-0.39, 0.29) is 17.9 Å². The van der Waals surface area contributed by atoms with Crippen LogP contribution in [0.25, 0.3) is 0 Å². The molecule has 0 bridgehead atoms. The Bertz CT molecular complexity index is 378. The minimum absolute atomic E-state index is 0.0946. The second-order valence-electron chi connectivity index (χ2n) is 4.57. The number of aliphatic hydroxyl groups excluding tert-OH is 1. The molecule has 1 rings (SSSR count). The van der Waals surface area contributed by atoms with Crippen LogP contribution in [0.4, 0.5) is 0 Å². The van der Waals surface area contributed by atoms with Crippen LogP contribution in [0.5, 0.6) is 5.75 Å². The van der Waals surface area contributed by atoms with Gasteiger partial charge in [0, 0.05) is 31.4 Å². The third kappa shape index (κ3) is 4.24. The molecule has 1 atom stereocenters. The zero-order valence-electron chi connectivity index (χ0n) is 10.7. The van der Waals surface area contributed by atoms with E-state index in [1.54, 1.807) is 13.2 Å². The van der Waals surface area contributed by atoms with E-state index in [2.05, 4.69) is 21.2 Å². The highest BCUT2D eigenvalue weighted by Gasteiger charge is 2.23. The molecule has 0 amide bonds. The van der Waals surface area contributed by atoms with E-state index in [0.29, 0.717) is 24.0 Å². The average molecular weight is 318 g/mol. The number of aromatic hydroxyl groups is 1. The minimum atomic E-state index is -0.307. The molecule has 1 aromatic carbocycles. The first-order chi connectivity index (χ1) is 8.52. The summed E-state index contributed by atoms with van der Waals surface area (Å²) in [7, 11) is 1.63. The molecule has 0 spiro atoms. The van der Waals surface area contributed by atoms with Gasteiger partial charge in [0.05, 0.1) is 11.1 Å². The van der Waals surface area contributed by atoms with Crippen LogP contribution in [-0.4, -0.2) is 36.1 Å². The van der Waals surface area contributed by atoms with Gasteiger partial charge < -0.3 is 20.3 Å². The van der Waals surface area contributed by atoms with Crippen molar-refractivity contribution >= 4 is 15.9 Å². The van der Waals surface area contributed by atoms with Gasteiger partial charge in [0.1, 0.15) is 5.75 Å². The normalized spacial score (nSPS) is 14.4. The Labute approximate surface area is 116 Å². The number of halogens is 1. The quantitative estimate of drug-likeness (QED) is 0.720. The van der Waals surface area contributed by atoms with Gasteiger partial charge in [-0.25, -0.2) is 0 Å². The third-order valence-electron chi connectivity index (χ3n) is 2.90. The molecule has 18 heavy (non-hydrogen) atoms. The molecular formula is C13H20BrNO3. The molecule has 0 aliphatic heterocycles. The summed E-state index contributed by atoms with van der Waals surface area (Å²) in [6, 6.07) is 5.53. The number of benzene rings is 1. The summed E-state index contributed by atoms with van der Waals surface area (Å²) >= 11 is 3.29. The van der Waals surface area contributed by atoms with E-state index in [0.717, 1.165) is 5.56 Å². The van der Waals surface area contributed by atoms with Crippen molar-refractivity contribution in [3.63, 3.8) is 0 Å². The highest BCUT2D eigenvalue weighted by Crippen LogP contribution is 2.27. The number of ether oxygens (including phenoxy) is 1. The van der Waals surface area contributed by atoms with Gasteiger partial charge in [0.2, 0.25) is 0 Å². The van der Waals surface area contributed by atoms with Gasteiger partial charge in [-0.3, -0.25) is 0 Å². The van der Waals surface area contributed by atoms with E-state index < -0.39 is 0 Å². The summed E-state index contributed by atoms with van der Waals surface area (Å²) in [4.78, 5) is 0. The monoisotopic (exact) mass is 317 g/mol. The van der Waals surface area contributed by atoms with Crippen molar-refractivity contribution in [2.45, 2.75) is 25.4 Å². The largest absolute Gasteiger partial charge is 0.506 e. The molecule has 0 aliphatic carbocycles. The van der Waals surface area contributed by atoms with E-state index >= 15 is 0 Å². The van der Waals surface area contributed by atoms with Gasteiger partial charge in [-0.05, 0) is 35.3 Å². The topological polar surface area (TPSA) is 61.7 Å². The molecule has 0 aromatic heterocycles. The van der Waals surface area contributed by atoms with Crippen molar-refractivity contribution in [2.24, 2.45) is 0 Å². The Hall–Kier alpha value is -0.620. The molecule has 0 saturated carbocycles. The van der Waals surface area contributed by atoms with Crippen LogP contribution in [0.3, 0.4) is 0 Å². The Kier molecular flexibility index (Phi) is 6.08. The van der Waals surface area contributed by atoms with Crippen molar-refractivity contribution in [3.8, 4) is 5.75 Å². The fourth-order valence-corrected chi connectivity index (χ4v) is 2.20. The summed E-state index contributed by atoms with van der Waals surface area (Å²) in [6.07, 6.45) is 0.593. The van der Waals surface area contributed by atoms with Gasteiger partial charge in [0.15, 0.2) is 0 Å². The molecule has 5 heteroatoms. The molecule has 1 unspecified atom stereocenters. The highest BCUT2D eigenvalue weighted by atomic mass is 79.9. The lowest BCUT2D eigenvalue weighted by atomic mass is 9.99. The summed E-state index contributed by atoms with van der Waals surface area (Å²) in [5.41, 5.74) is 0.503. The number of nitrogens with one attached hydrogen (secondary N) is 1. The summed E-state index contributed by atoms with van der Waals surface area (Å²) in [6.45, 7) is 3.10. The first-order valence-corrected chi connectivity index (χ1v) is 6.63. The van der Waals surface area contributed by atoms with E-state index in [4.69, 9.17) is 9.84 Å². The average Bonchev–Trinajstić information content (AvgIpc) is 2.32. The molecule has 0 radical (unpaired) electrons. The molecule has 4 nitrogen and oxygen atoms in total. The van der Waals surface area contributed by atoms with E-state index in [1.165, 1.54) is 0 Å². The lowest BCUT2D eigenvalue weighted by Gasteiger charge is -2.29. The lowest BCUT2D eigenvalue weighted by molar-refractivity contribution is 0.0968. The fourth-order valence-electron chi connectivity index (χ4n) is 1.79. The van der Waals surface area contributed by atoms with Crippen LogP contribution >= 0.6 is 15.9 Å². The number of methoxy groups -OCH3 is 1. The van der Waals surface area contributed by atoms with Crippen LogP contribution in [0, 0.1) is 0 Å². The number of phenols is 1. The van der Waals surface area contributed by atoms with Crippen LogP contribution < -0.4 is 5.32 Å². The Morgan fingerprint density at radius 2 is 2.17 bits per heavy atom. The smallest absolute Gasteiger partial charge is 0.134 e. The Morgan fingerprint density at radius 1 is 1.44 bits per heavy atom. The van der Waals surface area contributed by atoms with Gasteiger partial charge in [-0.2, -0.15) is 0 Å². The number of hydrogen-bond donors (Lipinski definition) is 3. The standard InChI is InChI=1S/C13H20BrNO3/c1-13(6-7-16,9-18-2)15-8-10-4-3-5-11(14)12(10)17/h3-5,15-17H,6-9H2,1-2H3. The second-order valence-corrected chi connectivity index (χ2v) is 5.42. The summed E-state index contributed by atoms with van der Waals surface area (Å²) < 4.78 is 5.83. The molecule has 0 aliphatic rings. The predicted molar refractivity (Wildman–Crippen MR) is 74.6 cm³/mol. The number of aliphatic hydroxyl groups is 1. The summed E-state index contributed by atoms with van der Waals surface area (Å²) in [5.74, 6) is 0.244. The van der Waals surface area contributed by atoms with Gasteiger partial charge in [-0.15, -0.1) is 0 Å². The number of phenolic OH excluding ortho intramolecular Hbond substituents is 1. The van der Waals surface area contributed by atoms with Gasteiger partial charge in [0.25, 0.3) is 0 Å². The maximum Gasteiger partial charge on any atom is 0.134 e. The molecule has 0 saturated heterocycles. The van der Waals surface area contributed by atoms with Gasteiger partial charge >= 0.3 is 0 Å². The van der Waals surface area contributed by atoms with Crippen LogP contribution in [0.1, 0.15) is 18.9 Å². The number of para-hydroxylation sites is 1. The van der Waals surface area contributed by atoms with Gasteiger partial charge in [-0.1, -0.05) is 12.1 Å².